The lowest BCUT2D eigenvalue weighted by Gasteiger charge is -2.20. The highest BCUT2D eigenvalue weighted by Gasteiger charge is 2.20. The van der Waals surface area contributed by atoms with Crippen LogP contribution in [0.4, 0.5) is 0 Å². The molecule has 1 atom stereocenters. The maximum atomic E-state index is 5.45. The molecule has 1 N–H and O–H groups in total. The van der Waals surface area contributed by atoms with Gasteiger partial charge in [-0.2, -0.15) is 0 Å². The van der Waals surface area contributed by atoms with Crippen molar-refractivity contribution in [3.05, 3.63) is 17.5 Å². The van der Waals surface area contributed by atoms with Crippen LogP contribution in [0.15, 0.2) is 10.6 Å². The maximum Gasteiger partial charge on any atom is 0.151 e. The Bertz CT molecular complexity index is 389. The first-order valence-electron chi connectivity index (χ1n) is 8.06. The third-order valence-electron chi connectivity index (χ3n) is 4.35. The Balaban J connectivity index is 1.82. The van der Waals surface area contributed by atoms with Gasteiger partial charge in [-0.25, -0.2) is 0 Å². The molecule has 4 nitrogen and oxygen atoms in total. The van der Waals surface area contributed by atoms with E-state index in [1.165, 1.54) is 32.4 Å². The number of nitrogens with zero attached hydrogens (tertiary/aromatic N) is 2. The van der Waals surface area contributed by atoms with E-state index in [1.807, 2.05) is 0 Å². The summed E-state index contributed by atoms with van der Waals surface area (Å²) < 4.78 is 5.45. The van der Waals surface area contributed by atoms with Gasteiger partial charge in [0, 0.05) is 12.6 Å². The Hall–Kier alpha value is -0.870. The highest BCUT2D eigenvalue weighted by Crippen LogP contribution is 2.25. The minimum absolute atomic E-state index is 0.801. The summed E-state index contributed by atoms with van der Waals surface area (Å²) in [4.78, 5) is 2.51. The molecule has 0 saturated carbocycles. The van der Waals surface area contributed by atoms with Crippen molar-refractivity contribution in [3.8, 4) is 0 Å². The molecule has 0 radical (unpaired) electrons. The van der Waals surface area contributed by atoms with E-state index >= 15 is 0 Å². The maximum absolute atomic E-state index is 5.45. The Morgan fingerprint density at radius 1 is 1.40 bits per heavy atom. The summed E-state index contributed by atoms with van der Waals surface area (Å²) in [6, 6.07) is 2.09. The van der Waals surface area contributed by atoms with E-state index in [0.717, 1.165) is 42.9 Å². The van der Waals surface area contributed by atoms with Gasteiger partial charge in [-0.3, -0.25) is 4.90 Å². The first-order valence-corrected chi connectivity index (χ1v) is 8.06. The first kappa shape index (κ1) is 15.5. The average Bonchev–Trinajstić information content (AvgIpc) is 2.72. The van der Waals surface area contributed by atoms with Gasteiger partial charge in [0.25, 0.3) is 0 Å². The van der Waals surface area contributed by atoms with Gasteiger partial charge in [-0.15, -0.1) is 0 Å². The van der Waals surface area contributed by atoms with Gasteiger partial charge in [0.05, 0.1) is 12.2 Å². The van der Waals surface area contributed by atoms with Crippen molar-refractivity contribution < 1.29 is 4.52 Å². The fourth-order valence-corrected chi connectivity index (χ4v) is 2.99. The summed E-state index contributed by atoms with van der Waals surface area (Å²) in [6.45, 7) is 11.8. The Kier molecular flexibility index (Phi) is 6.05. The monoisotopic (exact) mass is 279 g/mol. The molecule has 0 aliphatic carbocycles. The van der Waals surface area contributed by atoms with Crippen molar-refractivity contribution in [2.45, 2.75) is 53.1 Å². The lowest BCUT2D eigenvalue weighted by Crippen LogP contribution is -2.24. The smallest absolute Gasteiger partial charge is 0.151 e. The lowest BCUT2D eigenvalue weighted by atomic mass is 9.89. The van der Waals surface area contributed by atoms with Crippen LogP contribution in [-0.4, -0.2) is 29.7 Å². The van der Waals surface area contributed by atoms with Gasteiger partial charge in [-0.1, -0.05) is 25.9 Å². The van der Waals surface area contributed by atoms with Crippen molar-refractivity contribution in [1.29, 1.82) is 0 Å². The highest BCUT2D eigenvalue weighted by molar-refractivity contribution is 5.05. The molecule has 1 aromatic rings. The summed E-state index contributed by atoms with van der Waals surface area (Å²) in [7, 11) is 0. The molecule has 114 valence electrons. The van der Waals surface area contributed by atoms with Crippen molar-refractivity contribution in [2.75, 3.05) is 19.6 Å². The molecule has 2 rings (SSSR count). The van der Waals surface area contributed by atoms with Crippen molar-refractivity contribution >= 4 is 0 Å². The van der Waals surface area contributed by atoms with Crippen LogP contribution in [0.5, 0.6) is 0 Å². The number of hydrogen-bond donors (Lipinski definition) is 1. The Morgan fingerprint density at radius 3 is 3.00 bits per heavy atom. The van der Waals surface area contributed by atoms with Crippen LogP contribution in [-0.2, 0) is 13.1 Å². The zero-order chi connectivity index (χ0) is 14.4. The fourth-order valence-electron chi connectivity index (χ4n) is 2.99. The predicted molar refractivity (Wildman–Crippen MR) is 81.3 cm³/mol. The predicted octanol–water partition coefficient (Wildman–Crippen LogP) is 3.04. The second kappa shape index (κ2) is 7.79. The van der Waals surface area contributed by atoms with Crippen LogP contribution in [0.25, 0.3) is 0 Å². The Labute approximate surface area is 122 Å². The molecular weight excluding hydrogens is 250 g/mol. The van der Waals surface area contributed by atoms with E-state index in [0.29, 0.717) is 0 Å². The molecule has 0 amide bonds. The quantitative estimate of drug-likeness (QED) is 0.869. The summed E-state index contributed by atoms with van der Waals surface area (Å²) in [5, 5.41) is 7.40. The fraction of sp³-hybridized carbons (Fsp3) is 0.812. The molecule has 20 heavy (non-hydrogen) atoms. The summed E-state index contributed by atoms with van der Waals surface area (Å²) >= 11 is 0. The summed E-state index contributed by atoms with van der Waals surface area (Å²) in [5.41, 5.74) is 1.01. The van der Waals surface area contributed by atoms with Gasteiger partial charge < -0.3 is 9.84 Å². The molecule has 2 heterocycles. The van der Waals surface area contributed by atoms with E-state index in [4.69, 9.17) is 4.52 Å². The van der Waals surface area contributed by atoms with E-state index < -0.39 is 0 Å². The van der Waals surface area contributed by atoms with E-state index in [2.05, 4.69) is 42.2 Å². The molecule has 0 aromatic carbocycles. The second-order valence-electron chi connectivity index (χ2n) is 6.28. The van der Waals surface area contributed by atoms with E-state index in [-0.39, 0.29) is 0 Å². The van der Waals surface area contributed by atoms with E-state index in [1.54, 1.807) is 0 Å². The molecule has 1 fully saturated rings. The topological polar surface area (TPSA) is 41.3 Å². The van der Waals surface area contributed by atoms with Gasteiger partial charge in [0.1, 0.15) is 0 Å². The minimum atomic E-state index is 0.801. The van der Waals surface area contributed by atoms with Gasteiger partial charge in [-0.05, 0) is 50.7 Å². The van der Waals surface area contributed by atoms with Crippen molar-refractivity contribution in [1.82, 2.24) is 15.4 Å². The molecule has 1 unspecified atom stereocenters. The lowest BCUT2D eigenvalue weighted by molar-refractivity contribution is 0.232. The first-order chi connectivity index (χ1) is 9.69. The van der Waals surface area contributed by atoms with Crippen LogP contribution < -0.4 is 5.32 Å². The molecule has 0 spiro atoms. The third kappa shape index (κ3) is 4.60. The molecule has 1 saturated heterocycles. The zero-order valence-electron chi connectivity index (χ0n) is 13.2. The molecule has 1 aliphatic heterocycles. The second-order valence-corrected chi connectivity index (χ2v) is 6.28. The summed E-state index contributed by atoms with van der Waals surface area (Å²) in [5.74, 6) is 2.70. The van der Waals surface area contributed by atoms with Gasteiger partial charge in [0.2, 0.25) is 0 Å². The minimum Gasteiger partial charge on any atom is -0.360 e. The number of likely N-dealkylation sites (tertiary alicyclic amines) is 1. The van der Waals surface area contributed by atoms with Crippen LogP contribution in [0.2, 0.25) is 0 Å². The molecule has 0 bridgehead atoms. The standard InChI is InChI=1S/C16H29N3O/c1-4-17-11-15-10-16(20-18-15)12-19-8-5-6-14(7-9-19)13(2)3/h10,13-14,17H,4-9,11-12H2,1-3H3. The van der Waals surface area contributed by atoms with Crippen LogP contribution in [0, 0.1) is 11.8 Å². The van der Waals surface area contributed by atoms with Crippen molar-refractivity contribution in [3.63, 3.8) is 0 Å². The van der Waals surface area contributed by atoms with Gasteiger partial charge >= 0.3 is 0 Å². The highest BCUT2D eigenvalue weighted by atomic mass is 16.5. The SMILES string of the molecule is CCNCc1cc(CN2CCCC(C(C)C)CC2)on1. The number of nitrogens with one attached hydrogen (secondary N) is 1. The molecule has 4 heteroatoms. The number of hydrogen-bond acceptors (Lipinski definition) is 4. The largest absolute Gasteiger partial charge is 0.360 e. The van der Waals surface area contributed by atoms with Crippen LogP contribution >= 0.6 is 0 Å². The zero-order valence-corrected chi connectivity index (χ0v) is 13.2. The Morgan fingerprint density at radius 2 is 2.25 bits per heavy atom. The third-order valence-corrected chi connectivity index (χ3v) is 4.35. The molecular formula is C16H29N3O. The number of aromatic nitrogens is 1. The average molecular weight is 279 g/mol. The van der Waals surface area contributed by atoms with E-state index in [9.17, 15) is 0 Å². The van der Waals surface area contributed by atoms with Crippen molar-refractivity contribution in [2.24, 2.45) is 11.8 Å². The van der Waals surface area contributed by atoms with Crippen LogP contribution in [0.3, 0.4) is 0 Å². The summed E-state index contributed by atoms with van der Waals surface area (Å²) in [6.07, 6.45) is 3.99. The van der Waals surface area contributed by atoms with Crippen LogP contribution in [0.1, 0.15) is 51.5 Å². The molecule has 1 aliphatic rings. The normalized spacial score (nSPS) is 21.3. The molecule has 1 aromatic heterocycles. The van der Waals surface area contributed by atoms with Gasteiger partial charge in [0.15, 0.2) is 5.76 Å². The number of rotatable bonds is 6.